The highest BCUT2D eigenvalue weighted by Gasteiger charge is 2.39. The van der Waals surface area contributed by atoms with E-state index in [0.717, 1.165) is 34.0 Å². The molecule has 3 rings (SSSR count). The van der Waals surface area contributed by atoms with Crippen molar-refractivity contribution in [3.63, 3.8) is 0 Å². The minimum absolute atomic E-state index is 0.189. The van der Waals surface area contributed by atoms with E-state index in [9.17, 15) is 0 Å². The van der Waals surface area contributed by atoms with E-state index in [1.807, 2.05) is 25.1 Å². The van der Waals surface area contributed by atoms with E-state index < -0.39 is 0 Å². The zero-order valence-corrected chi connectivity index (χ0v) is 13.7. The number of pyridine rings is 1. The lowest BCUT2D eigenvalue weighted by molar-refractivity contribution is 0.519. The lowest BCUT2D eigenvalue weighted by Gasteiger charge is -2.37. The van der Waals surface area contributed by atoms with Gasteiger partial charge < -0.3 is 5.32 Å². The van der Waals surface area contributed by atoms with Crippen LogP contribution in [-0.2, 0) is 6.54 Å². The van der Waals surface area contributed by atoms with Gasteiger partial charge in [0.1, 0.15) is 11.7 Å². The molecule has 0 radical (unpaired) electrons. The number of aromatic nitrogens is 1. The van der Waals surface area contributed by atoms with Gasteiger partial charge in [0.05, 0.1) is 17.7 Å². The first-order valence-corrected chi connectivity index (χ1v) is 7.72. The second kappa shape index (κ2) is 5.56. The summed E-state index contributed by atoms with van der Waals surface area (Å²) in [5, 5.41) is 3.36. The van der Waals surface area contributed by atoms with Crippen LogP contribution in [-0.4, -0.2) is 16.7 Å². The molecule has 2 aliphatic rings. The lowest BCUT2D eigenvalue weighted by atomic mass is 9.78. The van der Waals surface area contributed by atoms with Gasteiger partial charge in [0.15, 0.2) is 0 Å². The number of aliphatic imine (C=N–C) groups is 2. The van der Waals surface area contributed by atoms with Gasteiger partial charge in [-0.2, -0.15) is 0 Å². The molecule has 2 heterocycles. The van der Waals surface area contributed by atoms with E-state index >= 15 is 0 Å². The first-order valence-electron chi connectivity index (χ1n) is 6.93. The number of nitrogens with zero attached hydrogens (tertiary/aromatic N) is 3. The third kappa shape index (κ3) is 2.83. The van der Waals surface area contributed by atoms with Gasteiger partial charge in [0.2, 0.25) is 0 Å². The zero-order valence-electron chi connectivity index (χ0n) is 12.1. The molecule has 1 aliphatic heterocycles. The Labute approximate surface area is 132 Å². The molecule has 4 nitrogen and oxygen atoms in total. The standard InChI is InChI=1S/C16H17BrN4/c1-11-20-14-9-12(17)6-7-16(14,2)15(21-11)19-10-13-5-3-4-8-18-13/h3-6,8-9H,7,10H2,1-2H3,(H,19,20,21). The zero-order chi connectivity index (χ0) is 14.9. The summed E-state index contributed by atoms with van der Waals surface area (Å²) in [6.07, 6.45) is 6.94. The summed E-state index contributed by atoms with van der Waals surface area (Å²) in [7, 11) is 0. The monoisotopic (exact) mass is 344 g/mol. The van der Waals surface area contributed by atoms with E-state index in [1.165, 1.54) is 0 Å². The smallest absolute Gasteiger partial charge is 0.137 e. The van der Waals surface area contributed by atoms with Crippen molar-refractivity contribution in [3.05, 3.63) is 52.4 Å². The summed E-state index contributed by atoms with van der Waals surface area (Å²) < 4.78 is 1.10. The molecule has 1 aliphatic carbocycles. The lowest BCUT2D eigenvalue weighted by Crippen LogP contribution is -2.43. The molecule has 5 heteroatoms. The average Bonchev–Trinajstić information content (AvgIpc) is 2.48. The number of fused-ring (bicyclic) bond motifs is 1. The summed E-state index contributed by atoms with van der Waals surface area (Å²) in [6.45, 7) is 4.69. The largest absolute Gasteiger partial charge is 0.346 e. The van der Waals surface area contributed by atoms with Crippen LogP contribution in [0.4, 0.5) is 0 Å². The second-order valence-electron chi connectivity index (χ2n) is 5.47. The molecule has 0 bridgehead atoms. The highest BCUT2D eigenvalue weighted by Crippen LogP contribution is 2.40. The summed E-state index contributed by atoms with van der Waals surface area (Å²) in [4.78, 5) is 13.7. The topological polar surface area (TPSA) is 49.6 Å². The third-order valence-electron chi connectivity index (χ3n) is 3.78. The fraction of sp³-hybridized carbons (Fsp3) is 0.312. The Morgan fingerprint density at radius 1 is 1.43 bits per heavy atom. The molecular formula is C16H17BrN4. The number of nitrogens with one attached hydrogen (secondary N) is 1. The van der Waals surface area contributed by atoms with Gasteiger partial charge in [-0.15, -0.1) is 0 Å². The fourth-order valence-corrected chi connectivity index (χ4v) is 2.91. The van der Waals surface area contributed by atoms with Gasteiger partial charge in [0.25, 0.3) is 0 Å². The Balaban J connectivity index is 1.94. The quantitative estimate of drug-likeness (QED) is 0.891. The van der Waals surface area contributed by atoms with Gasteiger partial charge >= 0.3 is 0 Å². The predicted octanol–water partition coefficient (Wildman–Crippen LogP) is 3.57. The third-order valence-corrected chi connectivity index (χ3v) is 4.33. The summed E-state index contributed by atoms with van der Waals surface area (Å²) in [5.74, 6) is 1.74. The molecule has 1 unspecified atom stereocenters. The minimum atomic E-state index is -0.189. The Bertz CT molecular complexity index is 673. The molecule has 0 spiro atoms. The normalized spacial score (nSPS) is 26.4. The van der Waals surface area contributed by atoms with Gasteiger partial charge in [-0.05, 0) is 38.5 Å². The maximum absolute atomic E-state index is 4.73. The fourth-order valence-electron chi connectivity index (χ4n) is 2.52. The van der Waals surface area contributed by atoms with Crippen molar-refractivity contribution < 1.29 is 0 Å². The molecule has 0 aromatic carbocycles. The Kier molecular flexibility index (Phi) is 3.76. The summed E-state index contributed by atoms with van der Waals surface area (Å²) >= 11 is 3.54. The number of hydrogen-bond donors (Lipinski definition) is 1. The van der Waals surface area contributed by atoms with E-state index in [2.05, 4.69) is 50.3 Å². The summed E-state index contributed by atoms with van der Waals surface area (Å²) in [6, 6.07) is 5.88. The number of amidine groups is 2. The molecule has 0 fully saturated rings. The highest BCUT2D eigenvalue weighted by molar-refractivity contribution is 9.11. The molecule has 1 aromatic rings. The Morgan fingerprint density at radius 2 is 2.29 bits per heavy atom. The molecule has 1 atom stereocenters. The number of hydrogen-bond acceptors (Lipinski definition) is 3. The molecule has 0 saturated heterocycles. The van der Waals surface area contributed by atoms with Crippen LogP contribution in [0, 0.1) is 5.41 Å². The molecule has 21 heavy (non-hydrogen) atoms. The number of allylic oxidation sites excluding steroid dienone is 3. The predicted molar refractivity (Wildman–Crippen MR) is 89.4 cm³/mol. The summed E-state index contributed by atoms with van der Waals surface area (Å²) in [5.41, 5.74) is 1.91. The molecular weight excluding hydrogens is 328 g/mol. The van der Waals surface area contributed by atoms with Crippen molar-refractivity contribution >= 4 is 27.6 Å². The van der Waals surface area contributed by atoms with Crippen LogP contribution >= 0.6 is 15.9 Å². The molecule has 1 N–H and O–H groups in total. The van der Waals surface area contributed by atoms with E-state index in [1.54, 1.807) is 6.20 Å². The van der Waals surface area contributed by atoms with Gasteiger partial charge in [-0.1, -0.05) is 28.1 Å². The van der Waals surface area contributed by atoms with E-state index in [4.69, 9.17) is 4.99 Å². The van der Waals surface area contributed by atoms with Crippen molar-refractivity contribution in [2.75, 3.05) is 0 Å². The first kappa shape index (κ1) is 14.2. The second-order valence-corrected chi connectivity index (χ2v) is 6.38. The van der Waals surface area contributed by atoms with Crippen LogP contribution in [0.1, 0.15) is 26.0 Å². The maximum Gasteiger partial charge on any atom is 0.137 e. The molecule has 108 valence electrons. The van der Waals surface area contributed by atoms with Gasteiger partial charge in [0, 0.05) is 16.4 Å². The molecule has 1 aromatic heterocycles. The Hall–Kier alpha value is -1.75. The van der Waals surface area contributed by atoms with Crippen LogP contribution in [0.5, 0.6) is 0 Å². The first-order chi connectivity index (χ1) is 10.1. The highest BCUT2D eigenvalue weighted by atomic mass is 79.9. The van der Waals surface area contributed by atoms with E-state index in [0.29, 0.717) is 6.54 Å². The SMILES string of the molecule is CC1=NC(=NCc2ccccn2)C2(C)CC=C(Br)C=C2N1. The number of rotatable bonds is 2. The maximum atomic E-state index is 4.73. The van der Waals surface area contributed by atoms with Gasteiger partial charge in [-0.25, -0.2) is 4.99 Å². The van der Waals surface area contributed by atoms with Crippen LogP contribution < -0.4 is 5.32 Å². The van der Waals surface area contributed by atoms with Crippen LogP contribution in [0.15, 0.2) is 56.7 Å². The molecule has 0 saturated carbocycles. The van der Waals surface area contributed by atoms with Crippen LogP contribution in [0.2, 0.25) is 0 Å². The molecule has 0 amide bonds. The number of halogens is 1. The Morgan fingerprint density at radius 3 is 3.05 bits per heavy atom. The van der Waals surface area contributed by atoms with Crippen LogP contribution in [0.25, 0.3) is 0 Å². The van der Waals surface area contributed by atoms with Gasteiger partial charge in [-0.3, -0.25) is 9.98 Å². The van der Waals surface area contributed by atoms with Crippen molar-refractivity contribution in [1.82, 2.24) is 10.3 Å². The van der Waals surface area contributed by atoms with Crippen molar-refractivity contribution in [1.29, 1.82) is 0 Å². The minimum Gasteiger partial charge on any atom is -0.346 e. The van der Waals surface area contributed by atoms with Crippen molar-refractivity contribution in [2.24, 2.45) is 15.4 Å². The van der Waals surface area contributed by atoms with Crippen molar-refractivity contribution in [2.45, 2.75) is 26.8 Å². The van der Waals surface area contributed by atoms with Crippen molar-refractivity contribution in [3.8, 4) is 0 Å². The van der Waals surface area contributed by atoms with E-state index in [-0.39, 0.29) is 5.41 Å². The van der Waals surface area contributed by atoms with Crippen LogP contribution in [0.3, 0.4) is 0 Å². The average molecular weight is 345 g/mol.